The van der Waals surface area contributed by atoms with Crippen LogP contribution in [0.15, 0.2) is 6.20 Å². The molecular weight excluding hydrogens is 248 g/mol. The van der Waals surface area contributed by atoms with Crippen LogP contribution in [0.1, 0.15) is 56.3 Å². The average Bonchev–Trinajstić information content (AvgIpc) is 2.71. The monoisotopic (exact) mass is 276 g/mol. The Balaban J connectivity index is 1.64. The third-order valence-electron chi connectivity index (χ3n) is 5.08. The van der Waals surface area contributed by atoms with Crippen molar-refractivity contribution in [3.8, 4) is 0 Å². The molecule has 4 nitrogen and oxygen atoms in total. The molecule has 20 heavy (non-hydrogen) atoms. The zero-order chi connectivity index (χ0) is 13.9. The van der Waals surface area contributed by atoms with Crippen LogP contribution in [0, 0.1) is 0 Å². The number of aryl methyl sites for hydroxylation is 1. The molecule has 3 rings (SSSR count). The van der Waals surface area contributed by atoms with Gasteiger partial charge in [-0.25, -0.2) is 0 Å². The van der Waals surface area contributed by atoms with E-state index in [-0.39, 0.29) is 0 Å². The molecule has 0 spiro atoms. The van der Waals surface area contributed by atoms with Crippen molar-refractivity contribution >= 4 is 0 Å². The summed E-state index contributed by atoms with van der Waals surface area (Å²) in [5, 5.41) is 8.39. The molecule has 0 bridgehead atoms. The first-order chi connectivity index (χ1) is 9.78. The normalized spacial score (nSPS) is 28.1. The lowest BCUT2D eigenvalue weighted by atomic mass is 9.92. The van der Waals surface area contributed by atoms with E-state index in [9.17, 15) is 0 Å². The molecule has 1 aromatic heterocycles. The smallest absolute Gasteiger partial charge is 0.0540 e. The topological polar surface area (TPSA) is 33.1 Å². The van der Waals surface area contributed by atoms with Crippen molar-refractivity contribution in [2.75, 3.05) is 19.6 Å². The number of rotatable bonds is 3. The molecule has 0 amide bonds. The molecule has 2 aliphatic rings. The molecule has 2 heterocycles. The summed E-state index contributed by atoms with van der Waals surface area (Å²) in [5.74, 6) is 0. The Morgan fingerprint density at radius 3 is 3.00 bits per heavy atom. The summed E-state index contributed by atoms with van der Waals surface area (Å²) in [5.41, 5.74) is 2.90. The fourth-order valence-electron chi connectivity index (χ4n) is 3.80. The van der Waals surface area contributed by atoms with Gasteiger partial charge in [-0.1, -0.05) is 6.92 Å². The van der Waals surface area contributed by atoms with Gasteiger partial charge in [0.15, 0.2) is 0 Å². The van der Waals surface area contributed by atoms with Crippen molar-refractivity contribution in [1.29, 1.82) is 0 Å². The highest BCUT2D eigenvalue weighted by atomic mass is 15.3. The van der Waals surface area contributed by atoms with Crippen LogP contribution < -0.4 is 5.32 Å². The minimum Gasteiger partial charge on any atom is -0.307 e. The predicted molar refractivity (Wildman–Crippen MR) is 81.8 cm³/mol. The van der Waals surface area contributed by atoms with Crippen molar-refractivity contribution in [2.45, 2.75) is 57.5 Å². The SMILES string of the molecule is CCN1CCCC(NC2CCCc3c2cnn3C)CC1. The third-order valence-corrected chi connectivity index (χ3v) is 5.08. The Labute approximate surface area is 122 Å². The lowest BCUT2D eigenvalue weighted by molar-refractivity contribution is 0.293. The Morgan fingerprint density at radius 2 is 2.15 bits per heavy atom. The van der Waals surface area contributed by atoms with Gasteiger partial charge in [0.1, 0.15) is 0 Å². The van der Waals surface area contributed by atoms with Gasteiger partial charge in [-0.15, -0.1) is 0 Å². The number of fused-ring (bicyclic) bond motifs is 1. The van der Waals surface area contributed by atoms with E-state index in [4.69, 9.17) is 0 Å². The first kappa shape index (κ1) is 14.1. The minimum absolute atomic E-state index is 0.533. The Bertz CT molecular complexity index is 440. The molecule has 1 aliphatic carbocycles. The molecule has 2 unspecified atom stereocenters. The van der Waals surface area contributed by atoms with Gasteiger partial charge in [-0.3, -0.25) is 4.68 Å². The second-order valence-corrected chi connectivity index (χ2v) is 6.34. The summed E-state index contributed by atoms with van der Waals surface area (Å²) < 4.78 is 2.06. The summed E-state index contributed by atoms with van der Waals surface area (Å²) in [6, 6.07) is 1.22. The molecule has 0 radical (unpaired) electrons. The summed E-state index contributed by atoms with van der Waals surface area (Å²) in [6.45, 7) is 6.00. The number of hydrogen-bond donors (Lipinski definition) is 1. The molecular formula is C16H28N4. The van der Waals surface area contributed by atoms with Crippen LogP contribution in [0.2, 0.25) is 0 Å². The summed E-state index contributed by atoms with van der Waals surface area (Å²) in [7, 11) is 2.08. The Hall–Kier alpha value is -0.870. The van der Waals surface area contributed by atoms with E-state index < -0.39 is 0 Å². The number of nitrogens with one attached hydrogen (secondary N) is 1. The van der Waals surface area contributed by atoms with Gasteiger partial charge in [0.05, 0.1) is 6.20 Å². The van der Waals surface area contributed by atoms with Gasteiger partial charge in [0.2, 0.25) is 0 Å². The molecule has 0 saturated carbocycles. The predicted octanol–water partition coefficient (Wildman–Crippen LogP) is 2.26. The van der Waals surface area contributed by atoms with E-state index in [2.05, 4.69) is 40.2 Å². The quantitative estimate of drug-likeness (QED) is 0.919. The molecule has 1 fully saturated rings. The van der Waals surface area contributed by atoms with E-state index in [1.165, 1.54) is 69.4 Å². The van der Waals surface area contributed by atoms with Crippen LogP contribution in [-0.4, -0.2) is 40.4 Å². The summed E-state index contributed by atoms with van der Waals surface area (Å²) in [6.07, 6.45) is 9.78. The van der Waals surface area contributed by atoms with E-state index in [0.717, 1.165) is 0 Å². The van der Waals surface area contributed by atoms with Crippen molar-refractivity contribution in [2.24, 2.45) is 7.05 Å². The lowest BCUT2D eigenvalue weighted by Crippen LogP contribution is -2.35. The molecule has 112 valence electrons. The number of nitrogens with zero attached hydrogens (tertiary/aromatic N) is 3. The standard InChI is InChI=1S/C16H28N4/c1-3-20-10-5-6-13(9-11-20)18-15-7-4-8-16-14(15)12-17-19(16)2/h12-13,15,18H,3-11H2,1-2H3. The second-order valence-electron chi connectivity index (χ2n) is 6.34. The number of aromatic nitrogens is 2. The first-order valence-corrected chi connectivity index (χ1v) is 8.27. The van der Waals surface area contributed by atoms with Crippen molar-refractivity contribution in [3.63, 3.8) is 0 Å². The van der Waals surface area contributed by atoms with Gasteiger partial charge < -0.3 is 10.2 Å². The van der Waals surface area contributed by atoms with Crippen molar-refractivity contribution in [3.05, 3.63) is 17.5 Å². The summed E-state index contributed by atoms with van der Waals surface area (Å²) >= 11 is 0. The van der Waals surface area contributed by atoms with Gasteiger partial charge in [-0.2, -0.15) is 5.10 Å². The highest BCUT2D eigenvalue weighted by Crippen LogP contribution is 2.30. The third kappa shape index (κ3) is 2.91. The maximum Gasteiger partial charge on any atom is 0.0540 e. The van der Waals surface area contributed by atoms with Crippen LogP contribution in [-0.2, 0) is 13.5 Å². The fraction of sp³-hybridized carbons (Fsp3) is 0.812. The second kappa shape index (κ2) is 6.27. The maximum absolute atomic E-state index is 4.45. The molecule has 1 N–H and O–H groups in total. The zero-order valence-electron chi connectivity index (χ0n) is 12.9. The van der Waals surface area contributed by atoms with E-state index in [0.29, 0.717) is 12.1 Å². The lowest BCUT2D eigenvalue weighted by Gasteiger charge is -2.28. The fourth-order valence-corrected chi connectivity index (χ4v) is 3.80. The van der Waals surface area contributed by atoms with Crippen LogP contribution in [0.3, 0.4) is 0 Å². The van der Waals surface area contributed by atoms with E-state index in [1.54, 1.807) is 0 Å². The van der Waals surface area contributed by atoms with Crippen LogP contribution in [0.5, 0.6) is 0 Å². The zero-order valence-corrected chi connectivity index (χ0v) is 12.9. The van der Waals surface area contributed by atoms with Gasteiger partial charge in [0, 0.05) is 30.4 Å². The molecule has 1 aromatic rings. The van der Waals surface area contributed by atoms with E-state index in [1.807, 2.05) is 0 Å². The molecule has 2 atom stereocenters. The highest BCUT2D eigenvalue weighted by Gasteiger charge is 2.26. The van der Waals surface area contributed by atoms with Gasteiger partial charge >= 0.3 is 0 Å². The van der Waals surface area contributed by atoms with Gasteiger partial charge in [0.25, 0.3) is 0 Å². The Kier molecular flexibility index (Phi) is 4.41. The highest BCUT2D eigenvalue weighted by molar-refractivity contribution is 5.24. The van der Waals surface area contributed by atoms with E-state index >= 15 is 0 Å². The first-order valence-electron chi connectivity index (χ1n) is 8.27. The maximum atomic E-state index is 4.45. The van der Waals surface area contributed by atoms with Crippen molar-refractivity contribution < 1.29 is 0 Å². The molecule has 1 aliphatic heterocycles. The molecule has 0 aromatic carbocycles. The average molecular weight is 276 g/mol. The largest absolute Gasteiger partial charge is 0.307 e. The Morgan fingerprint density at radius 1 is 1.25 bits per heavy atom. The number of likely N-dealkylation sites (tertiary alicyclic amines) is 1. The van der Waals surface area contributed by atoms with Gasteiger partial charge in [-0.05, 0) is 58.2 Å². The molecule has 4 heteroatoms. The minimum atomic E-state index is 0.533. The van der Waals surface area contributed by atoms with Crippen LogP contribution >= 0.6 is 0 Å². The van der Waals surface area contributed by atoms with Crippen molar-refractivity contribution in [1.82, 2.24) is 20.0 Å². The molecule has 1 saturated heterocycles. The van der Waals surface area contributed by atoms with Crippen LogP contribution in [0.25, 0.3) is 0 Å². The van der Waals surface area contributed by atoms with Crippen LogP contribution in [0.4, 0.5) is 0 Å². The summed E-state index contributed by atoms with van der Waals surface area (Å²) in [4.78, 5) is 2.58. The number of hydrogen-bond acceptors (Lipinski definition) is 3.